The number of nitrogens with two attached hydrogens (primary N) is 1. The van der Waals surface area contributed by atoms with Gasteiger partial charge in [0.15, 0.2) is 0 Å². The van der Waals surface area contributed by atoms with Gasteiger partial charge < -0.3 is 15.9 Å². The zero-order valence-electron chi connectivity index (χ0n) is 9.22. The van der Waals surface area contributed by atoms with Crippen LogP contribution < -0.4 is 5.73 Å². The predicted octanol–water partition coefficient (Wildman–Crippen LogP) is 1.01. The van der Waals surface area contributed by atoms with Gasteiger partial charge in [0.1, 0.15) is 6.04 Å². The highest BCUT2D eigenvalue weighted by Gasteiger charge is 2.24. The first-order valence-electron chi connectivity index (χ1n) is 4.90. The normalized spacial score (nSPS) is 14.6. The second-order valence-corrected chi connectivity index (χ2v) is 3.58. The molecular weight excluding hydrogens is 210 g/mol. The van der Waals surface area contributed by atoms with Crippen LogP contribution >= 0.6 is 0 Å². The lowest BCUT2D eigenvalue weighted by Gasteiger charge is -2.14. The Bertz CT molecular complexity index is 309. The van der Waals surface area contributed by atoms with Crippen LogP contribution in [0.5, 0.6) is 0 Å². The molecule has 0 fully saturated rings. The second-order valence-electron chi connectivity index (χ2n) is 3.58. The fourth-order valence-electron chi connectivity index (χ4n) is 1.30. The van der Waals surface area contributed by atoms with Crippen molar-refractivity contribution in [1.29, 1.82) is 0 Å². The molecule has 90 valence electrons. The Morgan fingerprint density at radius 2 is 1.94 bits per heavy atom. The highest BCUT2D eigenvalue weighted by atomic mass is 16.4. The minimum Gasteiger partial charge on any atom is -0.481 e. The maximum absolute atomic E-state index is 10.9. The molecule has 5 heteroatoms. The van der Waals surface area contributed by atoms with Gasteiger partial charge in [-0.2, -0.15) is 0 Å². The number of hydrogen-bond acceptors (Lipinski definition) is 3. The van der Waals surface area contributed by atoms with Crippen LogP contribution in [0.2, 0.25) is 0 Å². The average molecular weight is 227 g/mol. The molecule has 0 saturated heterocycles. The van der Waals surface area contributed by atoms with Gasteiger partial charge in [0.05, 0.1) is 5.92 Å². The molecule has 4 N–H and O–H groups in total. The highest BCUT2D eigenvalue weighted by Crippen LogP contribution is 2.17. The maximum Gasteiger partial charge on any atom is 0.320 e. The largest absolute Gasteiger partial charge is 0.481 e. The lowest BCUT2D eigenvalue weighted by Crippen LogP contribution is -2.34. The predicted molar refractivity (Wildman–Crippen MR) is 59.9 cm³/mol. The molecule has 0 heterocycles. The van der Waals surface area contributed by atoms with Crippen molar-refractivity contribution >= 4 is 11.9 Å². The second kappa shape index (κ2) is 6.79. The summed E-state index contributed by atoms with van der Waals surface area (Å²) in [5.74, 6) is -3.06. The molecule has 0 saturated carbocycles. The molecule has 0 bridgehead atoms. The third-order valence-electron chi connectivity index (χ3n) is 2.12. The summed E-state index contributed by atoms with van der Waals surface area (Å²) >= 11 is 0. The SMILES string of the molecule is C=C(/C=C\C)C[C@@H](C[C@H](N)C(=O)O)C(=O)O. The van der Waals surface area contributed by atoms with Crippen molar-refractivity contribution in [2.45, 2.75) is 25.8 Å². The number of allylic oxidation sites excluding steroid dienone is 3. The Labute approximate surface area is 94.3 Å². The van der Waals surface area contributed by atoms with Crippen LogP contribution in [0.3, 0.4) is 0 Å². The van der Waals surface area contributed by atoms with Crippen LogP contribution in [0.4, 0.5) is 0 Å². The topological polar surface area (TPSA) is 101 Å². The standard InChI is InChI=1S/C11H17NO4/c1-3-4-7(2)5-8(10(13)14)6-9(12)11(15)16/h3-4,8-9H,2,5-6,12H2,1H3,(H,13,14)(H,15,16)/b4-3-/t8-,9-/m0/s1. The molecule has 5 nitrogen and oxygen atoms in total. The number of rotatable bonds is 7. The van der Waals surface area contributed by atoms with E-state index in [1.54, 1.807) is 19.1 Å². The molecular formula is C11H17NO4. The van der Waals surface area contributed by atoms with Gasteiger partial charge in [-0.15, -0.1) is 0 Å². The maximum atomic E-state index is 10.9. The van der Waals surface area contributed by atoms with Gasteiger partial charge in [0, 0.05) is 0 Å². The van der Waals surface area contributed by atoms with Crippen molar-refractivity contribution in [2.24, 2.45) is 11.7 Å². The Morgan fingerprint density at radius 3 is 2.31 bits per heavy atom. The minimum absolute atomic E-state index is 0.0960. The van der Waals surface area contributed by atoms with Crippen molar-refractivity contribution in [3.63, 3.8) is 0 Å². The van der Waals surface area contributed by atoms with Gasteiger partial charge in [0.2, 0.25) is 0 Å². The van der Waals surface area contributed by atoms with Crippen LogP contribution in [-0.2, 0) is 9.59 Å². The van der Waals surface area contributed by atoms with Gasteiger partial charge in [-0.25, -0.2) is 0 Å². The van der Waals surface area contributed by atoms with E-state index in [0.717, 1.165) is 0 Å². The van der Waals surface area contributed by atoms with E-state index in [9.17, 15) is 9.59 Å². The number of hydrogen-bond donors (Lipinski definition) is 3. The molecule has 16 heavy (non-hydrogen) atoms. The van der Waals surface area contributed by atoms with Crippen LogP contribution in [0.15, 0.2) is 24.3 Å². The lowest BCUT2D eigenvalue weighted by molar-refractivity contribution is -0.143. The third kappa shape index (κ3) is 5.31. The Hall–Kier alpha value is -1.62. The van der Waals surface area contributed by atoms with Gasteiger partial charge in [0.25, 0.3) is 0 Å². The molecule has 0 aromatic rings. The average Bonchev–Trinajstić information content (AvgIpc) is 2.16. The van der Waals surface area contributed by atoms with Crippen LogP contribution in [0.25, 0.3) is 0 Å². The summed E-state index contributed by atoms with van der Waals surface area (Å²) in [4.78, 5) is 21.4. The van der Waals surface area contributed by atoms with E-state index in [2.05, 4.69) is 6.58 Å². The van der Waals surface area contributed by atoms with Crippen LogP contribution in [-0.4, -0.2) is 28.2 Å². The fourth-order valence-corrected chi connectivity index (χ4v) is 1.30. The quantitative estimate of drug-likeness (QED) is 0.563. The van der Waals surface area contributed by atoms with Crippen molar-refractivity contribution in [3.05, 3.63) is 24.3 Å². The zero-order valence-corrected chi connectivity index (χ0v) is 9.22. The number of aliphatic carboxylic acids is 2. The molecule has 0 aliphatic heterocycles. The number of carboxylic acids is 2. The summed E-state index contributed by atoms with van der Waals surface area (Å²) in [7, 11) is 0. The van der Waals surface area contributed by atoms with E-state index in [0.29, 0.717) is 5.57 Å². The Kier molecular flexibility index (Phi) is 6.10. The first-order chi connectivity index (χ1) is 7.38. The molecule has 0 amide bonds. The van der Waals surface area contributed by atoms with Crippen molar-refractivity contribution < 1.29 is 19.8 Å². The minimum atomic E-state index is -1.19. The van der Waals surface area contributed by atoms with Crippen molar-refractivity contribution in [1.82, 2.24) is 0 Å². The van der Waals surface area contributed by atoms with E-state index in [1.807, 2.05) is 0 Å². The van der Waals surface area contributed by atoms with E-state index in [1.165, 1.54) is 0 Å². The van der Waals surface area contributed by atoms with Crippen molar-refractivity contribution in [2.75, 3.05) is 0 Å². The summed E-state index contributed by atoms with van der Waals surface area (Å²) in [5.41, 5.74) is 5.94. The monoisotopic (exact) mass is 227 g/mol. The molecule has 0 radical (unpaired) electrons. The fraction of sp³-hybridized carbons (Fsp3) is 0.455. The highest BCUT2D eigenvalue weighted by molar-refractivity contribution is 5.76. The molecule has 2 atom stereocenters. The van der Waals surface area contributed by atoms with Gasteiger partial charge in [-0.05, 0) is 19.8 Å². The number of carbonyl (C=O) groups is 2. The van der Waals surface area contributed by atoms with E-state index in [-0.39, 0.29) is 12.8 Å². The van der Waals surface area contributed by atoms with Gasteiger partial charge in [-0.3, -0.25) is 9.59 Å². The molecule has 0 aromatic carbocycles. The lowest BCUT2D eigenvalue weighted by atomic mass is 9.93. The molecule has 0 spiro atoms. The van der Waals surface area contributed by atoms with Gasteiger partial charge >= 0.3 is 11.9 Å². The summed E-state index contributed by atoms with van der Waals surface area (Å²) in [6.45, 7) is 5.48. The molecule has 0 aliphatic rings. The molecule has 0 aliphatic carbocycles. The van der Waals surface area contributed by atoms with Gasteiger partial charge in [-0.1, -0.05) is 24.3 Å². The summed E-state index contributed by atoms with van der Waals surface area (Å²) in [5, 5.41) is 17.5. The summed E-state index contributed by atoms with van der Waals surface area (Å²) < 4.78 is 0. The summed E-state index contributed by atoms with van der Waals surface area (Å²) in [6, 6.07) is -1.15. The zero-order chi connectivity index (χ0) is 12.7. The number of carboxylic acid groups (broad SMARTS) is 2. The van der Waals surface area contributed by atoms with E-state index in [4.69, 9.17) is 15.9 Å². The van der Waals surface area contributed by atoms with E-state index >= 15 is 0 Å². The Balaban J connectivity index is 4.45. The smallest absolute Gasteiger partial charge is 0.320 e. The summed E-state index contributed by atoms with van der Waals surface area (Å²) in [6.07, 6.45) is 3.56. The first kappa shape index (κ1) is 14.4. The van der Waals surface area contributed by atoms with Crippen LogP contribution in [0.1, 0.15) is 19.8 Å². The molecule has 0 rings (SSSR count). The molecule has 0 aromatic heterocycles. The van der Waals surface area contributed by atoms with Crippen molar-refractivity contribution in [3.8, 4) is 0 Å². The van der Waals surface area contributed by atoms with Crippen LogP contribution in [0, 0.1) is 5.92 Å². The third-order valence-corrected chi connectivity index (χ3v) is 2.12. The Morgan fingerprint density at radius 1 is 1.38 bits per heavy atom. The first-order valence-corrected chi connectivity index (χ1v) is 4.90. The van der Waals surface area contributed by atoms with E-state index < -0.39 is 23.9 Å². The molecule has 0 unspecified atom stereocenters.